The molecule has 2 aromatic rings. The topological polar surface area (TPSA) is 25.2 Å². The van der Waals surface area contributed by atoms with Gasteiger partial charge in [-0.1, -0.05) is 0 Å². The second-order valence-electron chi connectivity index (χ2n) is 5.39. The molecule has 0 radical (unpaired) electrons. The van der Waals surface area contributed by atoms with Crippen LogP contribution in [0.3, 0.4) is 0 Å². The number of alkyl halides is 4. The maximum Gasteiger partial charge on any atom is 0.418 e. The molecule has 1 aromatic carbocycles. The largest absolute Gasteiger partial charge is 0.418 e. The van der Waals surface area contributed by atoms with Crippen LogP contribution in [0, 0.1) is 11.6 Å². The quantitative estimate of drug-likeness (QED) is 0.776. The third kappa shape index (κ3) is 2.71. The molecule has 0 bridgehead atoms. The van der Waals surface area contributed by atoms with Crippen LogP contribution in [-0.2, 0) is 12.7 Å². The maximum absolute atomic E-state index is 13.6. The molecule has 1 aromatic heterocycles. The van der Waals surface area contributed by atoms with Gasteiger partial charge in [0.25, 0.3) is 0 Å². The van der Waals surface area contributed by atoms with Gasteiger partial charge in [-0.15, -0.1) is 0 Å². The summed E-state index contributed by atoms with van der Waals surface area (Å²) in [5, 5.41) is 9.80. The third-order valence-corrected chi connectivity index (χ3v) is 3.85. The number of aliphatic hydroxyl groups is 1. The molecule has 3 rings (SSSR count). The number of hydrogen-bond acceptors (Lipinski definition) is 1. The molecule has 124 valence electrons. The molecule has 0 amide bonds. The van der Waals surface area contributed by atoms with E-state index in [2.05, 4.69) is 0 Å². The van der Waals surface area contributed by atoms with Gasteiger partial charge in [0.2, 0.25) is 0 Å². The van der Waals surface area contributed by atoms with Gasteiger partial charge in [-0.3, -0.25) is 0 Å². The van der Waals surface area contributed by atoms with Gasteiger partial charge in [-0.25, -0.2) is 13.2 Å². The van der Waals surface area contributed by atoms with Crippen LogP contribution < -0.4 is 0 Å². The van der Waals surface area contributed by atoms with Crippen molar-refractivity contribution in [3.8, 4) is 11.3 Å². The number of rotatable bonds is 1. The van der Waals surface area contributed by atoms with E-state index in [9.17, 15) is 31.4 Å². The van der Waals surface area contributed by atoms with Crippen molar-refractivity contribution in [2.45, 2.75) is 31.4 Å². The summed E-state index contributed by atoms with van der Waals surface area (Å²) in [4.78, 5) is 0. The van der Waals surface area contributed by atoms with Crippen molar-refractivity contribution in [2.24, 2.45) is 0 Å². The molecule has 1 aliphatic heterocycles. The zero-order valence-electron chi connectivity index (χ0n) is 11.5. The highest BCUT2D eigenvalue weighted by Crippen LogP contribution is 2.43. The molecule has 2 heterocycles. The van der Waals surface area contributed by atoms with Crippen molar-refractivity contribution in [3.05, 3.63) is 47.2 Å². The van der Waals surface area contributed by atoms with Crippen molar-refractivity contribution >= 4 is 0 Å². The average molecular weight is 335 g/mol. The highest BCUT2D eigenvalue weighted by atomic mass is 19.4. The Bertz CT molecular complexity index is 731. The van der Waals surface area contributed by atoms with Gasteiger partial charge >= 0.3 is 6.18 Å². The van der Waals surface area contributed by atoms with Crippen molar-refractivity contribution in [1.82, 2.24) is 4.57 Å². The van der Waals surface area contributed by atoms with E-state index in [1.165, 1.54) is 0 Å². The van der Waals surface area contributed by atoms with Gasteiger partial charge in [0.1, 0.15) is 23.9 Å². The summed E-state index contributed by atoms with van der Waals surface area (Å²) in [5.41, 5.74) is -2.04. The van der Waals surface area contributed by atoms with Gasteiger partial charge in [-0.2, -0.15) is 13.2 Å². The summed E-state index contributed by atoms with van der Waals surface area (Å²) in [6.45, 7) is -0.128. The van der Waals surface area contributed by atoms with Crippen LogP contribution >= 0.6 is 0 Å². The predicted octanol–water partition coefficient (Wildman–Crippen LogP) is 4.23. The highest BCUT2D eigenvalue weighted by Gasteiger charge is 2.42. The predicted molar refractivity (Wildman–Crippen MR) is 69.3 cm³/mol. The average Bonchev–Trinajstić information content (AvgIpc) is 2.82. The van der Waals surface area contributed by atoms with Crippen molar-refractivity contribution in [3.63, 3.8) is 0 Å². The summed E-state index contributed by atoms with van der Waals surface area (Å²) >= 11 is 0. The van der Waals surface area contributed by atoms with Crippen LogP contribution in [-0.4, -0.2) is 15.8 Å². The van der Waals surface area contributed by atoms with Gasteiger partial charge in [0, 0.05) is 23.9 Å². The van der Waals surface area contributed by atoms with Crippen LogP contribution in [0.4, 0.5) is 26.3 Å². The molecule has 23 heavy (non-hydrogen) atoms. The van der Waals surface area contributed by atoms with E-state index in [4.69, 9.17) is 0 Å². The Morgan fingerprint density at radius 3 is 2.22 bits per heavy atom. The van der Waals surface area contributed by atoms with Crippen LogP contribution in [0.25, 0.3) is 11.3 Å². The van der Waals surface area contributed by atoms with E-state index < -0.39 is 41.3 Å². The zero-order valence-corrected chi connectivity index (χ0v) is 11.5. The normalized spacial score (nSPS) is 21.3. The minimum atomic E-state index is -4.82. The molecular weight excluding hydrogens is 324 g/mol. The smallest absolute Gasteiger partial charge is 0.384 e. The first-order chi connectivity index (χ1) is 10.7. The van der Waals surface area contributed by atoms with E-state index in [0.717, 1.165) is 16.7 Å². The van der Waals surface area contributed by atoms with Gasteiger partial charge in [0.15, 0.2) is 0 Å². The fourth-order valence-electron chi connectivity index (χ4n) is 2.87. The lowest BCUT2D eigenvalue weighted by Crippen LogP contribution is -2.28. The molecule has 8 heteroatoms. The standard InChI is InChI=1S/C15H11F6NO/c16-8-3-7(4-9(17)5-8)12-6-10(15(19,20)21)13-14(23)11(18)1-2-22(12)13/h3-6,11,14,23H,1-2H2. The Balaban J connectivity index is 2.25. The number of fused-ring (bicyclic) bond motifs is 1. The van der Waals surface area contributed by atoms with Gasteiger partial charge < -0.3 is 9.67 Å². The second-order valence-corrected chi connectivity index (χ2v) is 5.39. The van der Waals surface area contributed by atoms with Crippen LogP contribution in [0.15, 0.2) is 24.3 Å². The summed E-state index contributed by atoms with van der Waals surface area (Å²) in [7, 11) is 0. The Kier molecular flexibility index (Phi) is 3.66. The maximum atomic E-state index is 13.6. The molecule has 2 atom stereocenters. The van der Waals surface area contributed by atoms with Crippen molar-refractivity contribution in [1.29, 1.82) is 0 Å². The lowest BCUT2D eigenvalue weighted by Gasteiger charge is -2.27. The number of aliphatic hydroxyl groups excluding tert-OH is 1. The number of halogens is 6. The van der Waals surface area contributed by atoms with E-state index in [1.807, 2.05) is 0 Å². The highest BCUT2D eigenvalue weighted by molar-refractivity contribution is 5.64. The van der Waals surface area contributed by atoms with Gasteiger partial charge in [-0.05, 0) is 24.6 Å². The van der Waals surface area contributed by atoms with E-state index in [0.29, 0.717) is 12.1 Å². The summed E-state index contributed by atoms with van der Waals surface area (Å²) in [5.74, 6) is -1.88. The molecule has 0 aliphatic carbocycles. The Labute approximate surface area is 127 Å². The number of aromatic nitrogens is 1. The third-order valence-electron chi connectivity index (χ3n) is 3.85. The number of hydrogen-bond donors (Lipinski definition) is 1. The van der Waals surface area contributed by atoms with E-state index in [-0.39, 0.29) is 24.2 Å². The Hall–Kier alpha value is -1.96. The van der Waals surface area contributed by atoms with Gasteiger partial charge in [0.05, 0.1) is 11.3 Å². The molecule has 1 aliphatic rings. The van der Waals surface area contributed by atoms with Crippen LogP contribution in [0.1, 0.15) is 23.8 Å². The summed E-state index contributed by atoms with van der Waals surface area (Å²) in [6, 6.07) is 3.06. The molecule has 2 unspecified atom stereocenters. The Morgan fingerprint density at radius 2 is 1.65 bits per heavy atom. The Morgan fingerprint density at radius 1 is 1.04 bits per heavy atom. The molecule has 1 N–H and O–H groups in total. The van der Waals surface area contributed by atoms with E-state index >= 15 is 0 Å². The van der Waals surface area contributed by atoms with Crippen molar-refractivity contribution < 1.29 is 31.4 Å². The fourth-order valence-corrected chi connectivity index (χ4v) is 2.87. The van der Waals surface area contributed by atoms with Crippen molar-refractivity contribution in [2.75, 3.05) is 0 Å². The SMILES string of the molecule is OC1c2c(C(F)(F)F)cc(-c3cc(F)cc(F)c3)n2CCC1F. The van der Waals surface area contributed by atoms with E-state index in [1.54, 1.807) is 0 Å². The molecule has 0 saturated carbocycles. The molecule has 0 saturated heterocycles. The molecule has 0 fully saturated rings. The fraction of sp³-hybridized carbons (Fsp3) is 0.333. The minimum Gasteiger partial charge on any atom is -0.384 e. The second kappa shape index (κ2) is 5.30. The van der Waals surface area contributed by atoms with Crippen LogP contribution in [0.5, 0.6) is 0 Å². The first kappa shape index (κ1) is 15.9. The lowest BCUT2D eigenvalue weighted by molar-refractivity contribution is -0.140. The molecular formula is C15H11F6NO. The number of benzene rings is 1. The lowest BCUT2D eigenvalue weighted by atomic mass is 10.0. The zero-order chi connectivity index (χ0) is 16.9. The monoisotopic (exact) mass is 335 g/mol. The first-order valence-corrected chi connectivity index (χ1v) is 6.77. The minimum absolute atomic E-state index is 0.108. The molecule has 2 nitrogen and oxygen atoms in total. The first-order valence-electron chi connectivity index (χ1n) is 6.77. The van der Waals surface area contributed by atoms with Crippen LogP contribution in [0.2, 0.25) is 0 Å². The number of nitrogens with zero attached hydrogens (tertiary/aromatic N) is 1. The summed E-state index contributed by atoms with van der Waals surface area (Å²) in [6.07, 6.45) is -8.77. The summed E-state index contributed by atoms with van der Waals surface area (Å²) < 4.78 is 80.9. The molecule has 0 spiro atoms.